The van der Waals surface area contributed by atoms with Gasteiger partial charge >= 0.3 is 0 Å². The van der Waals surface area contributed by atoms with Crippen molar-refractivity contribution in [1.82, 2.24) is 0 Å². The zero-order chi connectivity index (χ0) is 18.5. The molecule has 0 heterocycles. The van der Waals surface area contributed by atoms with E-state index in [0.29, 0.717) is 0 Å². The number of fused-ring (bicyclic) bond motifs is 2. The van der Waals surface area contributed by atoms with Gasteiger partial charge in [-0.3, -0.25) is 0 Å². The Morgan fingerprint density at radius 2 is 1.50 bits per heavy atom. The third-order valence-electron chi connectivity index (χ3n) is 5.05. The highest BCUT2D eigenvalue weighted by Crippen LogP contribution is 2.33. The van der Waals surface area contributed by atoms with Crippen LogP contribution in [0.1, 0.15) is 60.0 Å². The molecule has 0 radical (unpaired) electrons. The average molecular weight is 356 g/mol. The number of hydrogen-bond donors (Lipinski definition) is 1. The van der Waals surface area contributed by atoms with E-state index < -0.39 is 0 Å². The Kier molecular flexibility index (Phi) is 5.86. The minimum Gasteiger partial charge on any atom is -0.324 e. The third kappa shape index (κ3) is 4.21. The molecule has 2 aliphatic rings. The Morgan fingerprint density at radius 3 is 2.15 bits per heavy atom. The molecule has 0 saturated heterocycles. The largest absolute Gasteiger partial charge is 0.324 e. The van der Waals surface area contributed by atoms with Crippen molar-refractivity contribution in [1.29, 1.82) is 0 Å². The predicted molar refractivity (Wildman–Crippen MR) is 97.5 cm³/mol. The molecule has 2 aromatic rings. The third-order valence-corrected chi connectivity index (χ3v) is 5.05. The maximum Gasteiger partial charge on any atom is 0.123 e. The number of hydrogen-bond acceptors (Lipinski definition) is 2. The maximum absolute atomic E-state index is 13.0. The van der Waals surface area contributed by atoms with Crippen molar-refractivity contribution < 1.29 is 8.78 Å². The molecule has 0 spiro atoms. The van der Waals surface area contributed by atoms with Gasteiger partial charge in [0, 0.05) is 11.0 Å². The van der Waals surface area contributed by atoms with Crippen molar-refractivity contribution in [2.45, 2.75) is 50.6 Å². The van der Waals surface area contributed by atoms with E-state index >= 15 is 0 Å². The Balaban J connectivity index is 0.000000152. The van der Waals surface area contributed by atoms with Crippen molar-refractivity contribution in [3.63, 3.8) is 0 Å². The maximum atomic E-state index is 13.0. The van der Waals surface area contributed by atoms with Gasteiger partial charge in [-0.05, 0) is 90.6 Å². The Morgan fingerprint density at radius 1 is 0.923 bits per heavy atom. The Hall–Kier alpha value is -2.43. The molecule has 2 N–H and O–H groups in total. The summed E-state index contributed by atoms with van der Waals surface area (Å²) in [4.78, 5) is 2.79. The van der Waals surface area contributed by atoms with Crippen LogP contribution in [0.15, 0.2) is 41.5 Å². The van der Waals surface area contributed by atoms with E-state index in [4.69, 9.17) is 11.3 Å². The molecule has 4 nitrogen and oxygen atoms in total. The molecule has 136 valence electrons. The first kappa shape index (κ1) is 18.4. The predicted octanol–water partition coefficient (Wildman–Crippen LogP) is 5.68. The highest BCUT2D eigenvalue weighted by Gasteiger charge is 2.19. The monoisotopic (exact) mass is 356 g/mol. The van der Waals surface area contributed by atoms with E-state index in [-0.39, 0.29) is 23.7 Å². The number of azide groups is 1. The van der Waals surface area contributed by atoms with E-state index in [2.05, 4.69) is 10.0 Å². The number of nitrogens with two attached hydrogens (primary N) is 1. The zero-order valence-electron chi connectivity index (χ0n) is 14.5. The summed E-state index contributed by atoms with van der Waals surface area (Å²) in [6, 6.07) is 9.51. The molecule has 6 heteroatoms. The van der Waals surface area contributed by atoms with Crippen molar-refractivity contribution in [3.8, 4) is 0 Å². The van der Waals surface area contributed by atoms with Crippen molar-refractivity contribution in [2.75, 3.05) is 0 Å². The van der Waals surface area contributed by atoms with Gasteiger partial charge in [-0.25, -0.2) is 8.78 Å². The van der Waals surface area contributed by atoms with E-state index in [9.17, 15) is 8.78 Å². The van der Waals surface area contributed by atoms with Crippen LogP contribution in [0.3, 0.4) is 0 Å². The molecule has 2 aliphatic carbocycles. The lowest BCUT2D eigenvalue weighted by Crippen LogP contribution is -2.17. The van der Waals surface area contributed by atoms with Gasteiger partial charge in [0.25, 0.3) is 0 Å². The van der Waals surface area contributed by atoms with E-state index in [1.807, 2.05) is 6.07 Å². The second-order valence-corrected chi connectivity index (χ2v) is 6.80. The lowest BCUT2D eigenvalue weighted by molar-refractivity contribution is 0.555. The van der Waals surface area contributed by atoms with Crippen LogP contribution >= 0.6 is 0 Å². The van der Waals surface area contributed by atoms with Crippen LogP contribution in [-0.4, -0.2) is 0 Å². The highest BCUT2D eigenvalue weighted by molar-refractivity contribution is 5.33. The van der Waals surface area contributed by atoms with Gasteiger partial charge in [0.2, 0.25) is 0 Å². The van der Waals surface area contributed by atoms with E-state index in [0.717, 1.165) is 55.2 Å². The summed E-state index contributed by atoms with van der Waals surface area (Å²) < 4.78 is 25.8. The molecule has 0 unspecified atom stereocenters. The van der Waals surface area contributed by atoms with Crippen LogP contribution in [0.2, 0.25) is 0 Å². The van der Waals surface area contributed by atoms with Gasteiger partial charge in [0.05, 0.1) is 6.04 Å². The first-order valence-corrected chi connectivity index (χ1v) is 8.95. The smallest absolute Gasteiger partial charge is 0.123 e. The number of nitrogens with zero attached hydrogens (tertiary/aromatic N) is 3. The van der Waals surface area contributed by atoms with Gasteiger partial charge in [-0.2, -0.15) is 0 Å². The molecule has 0 saturated carbocycles. The fourth-order valence-electron chi connectivity index (χ4n) is 3.73. The lowest BCUT2D eigenvalue weighted by Gasteiger charge is -2.21. The molecule has 26 heavy (non-hydrogen) atoms. The number of rotatable bonds is 1. The van der Waals surface area contributed by atoms with Gasteiger partial charge in [0.1, 0.15) is 11.6 Å². The quantitative estimate of drug-likeness (QED) is 0.399. The molecule has 0 amide bonds. The van der Waals surface area contributed by atoms with Gasteiger partial charge in [-0.15, -0.1) is 0 Å². The van der Waals surface area contributed by atoms with Crippen molar-refractivity contribution >= 4 is 0 Å². The number of benzene rings is 2. The summed E-state index contributed by atoms with van der Waals surface area (Å²) in [6.07, 6.45) is 5.93. The summed E-state index contributed by atoms with van der Waals surface area (Å²) in [5, 5.41) is 3.68. The molecule has 2 atom stereocenters. The summed E-state index contributed by atoms with van der Waals surface area (Å²) in [5.41, 5.74) is 18.4. The molecular formula is C20H22F2N4. The molecular weight excluding hydrogens is 334 g/mol. The van der Waals surface area contributed by atoms with Crippen LogP contribution in [0.4, 0.5) is 8.78 Å². The minimum absolute atomic E-state index is 0.0458. The number of halogens is 2. The second-order valence-electron chi connectivity index (χ2n) is 6.80. The van der Waals surface area contributed by atoms with Crippen LogP contribution in [0, 0.1) is 11.6 Å². The molecule has 0 aliphatic heterocycles. The van der Waals surface area contributed by atoms with Crippen molar-refractivity contribution in [2.24, 2.45) is 10.8 Å². The van der Waals surface area contributed by atoms with Crippen LogP contribution in [0.25, 0.3) is 10.4 Å². The fraction of sp³-hybridized carbons (Fsp3) is 0.400. The second kappa shape index (κ2) is 8.30. The molecule has 2 aromatic carbocycles. The van der Waals surface area contributed by atoms with Crippen LogP contribution < -0.4 is 5.73 Å². The number of aryl methyl sites for hydroxylation is 2. The van der Waals surface area contributed by atoms with Crippen LogP contribution in [-0.2, 0) is 12.8 Å². The average Bonchev–Trinajstić information content (AvgIpc) is 2.64. The summed E-state index contributed by atoms with van der Waals surface area (Å²) in [5.74, 6) is -0.435. The van der Waals surface area contributed by atoms with E-state index in [1.165, 1.54) is 23.8 Å². The van der Waals surface area contributed by atoms with Gasteiger partial charge in [0.15, 0.2) is 0 Å². The normalized spacial score (nSPS) is 20.7. The summed E-state index contributed by atoms with van der Waals surface area (Å²) in [6.45, 7) is 0. The summed E-state index contributed by atoms with van der Waals surface area (Å²) in [7, 11) is 0. The molecule has 0 fully saturated rings. The lowest BCUT2D eigenvalue weighted by atomic mass is 9.88. The first-order valence-electron chi connectivity index (χ1n) is 8.95. The SMILES string of the molecule is N[C@@H]1CCCc2ccc(F)cc21.[N-]=[N+]=N[C@@H]1CCCc2ccc(F)cc21. The minimum atomic E-state index is -0.260. The van der Waals surface area contributed by atoms with Gasteiger partial charge < -0.3 is 5.73 Å². The Labute approximate surface area is 151 Å². The van der Waals surface area contributed by atoms with Gasteiger partial charge in [-0.1, -0.05) is 17.2 Å². The highest BCUT2D eigenvalue weighted by atomic mass is 19.1. The van der Waals surface area contributed by atoms with Crippen LogP contribution in [0.5, 0.6) is 0 Å². The fourth-order valence-corrected chi connectivity index (χ4v) is 3.73. The molecule has 4 rings (SSSR count). The first-order chi connectivity index (χ1) is 12.6. The topological polar surface area (TPSA) is 74.8 Å². The molecule has 0 aromatic heterocycles. The zero-order valence-corrected chi connectivity index (χ0v) is 14.5. The van der Waals surface area contributed by atoms with E-state index in [1.54, 1.807) is 12.1 Å². The summed E-state index contributed by atoms with van der Waals surface area (Å²) >= 11 is 0. The standard InChI is InChI=1S/C10H10FN3.C10H12FN/c11-8-5-4-7-2-1-3-10(13-14-12)9(7)6-8;11-8-5-4-7-2-1-3-10(12)9(7)6-8/h4-6,10H,1-3H2;4-6,10H,1-3,12H2/t2*10-/m11/s1. The van der Waals surface area contributed by atoms with Crippen molar-refractivity contribution in [3.05, 3.63) is 80.7 Å². The molecule has 0 bridgehead atoms. The Bertz CT molecular complexity index is 831.